The van der Waals surface area contributed by atoms with Crippen LogP contribution in [0.15, 0.2) is 12.7 Å². The third-order valence-electron chi connectivity index (χ3n) is 1.61. The average molecular weight is 248 g/mol. The number of hydrogen-bond donors (Lipinski definition) is 0. The summed E-state index contributed by atoms with van der Waals surface area (Å²) in [5.41, 5.74) is -3.04. The summed E-state index contributed by atoms with van der Waals surface area (Å²) in [5, 5.41) is 0. The van der Waals surface area contributed by atoms with E-state index in [2.05, 4.69) is 16.4 Å². The van der Waals surface area contributed by atoms with Crippen molar-refractivity contribution in [3.63, 3.8) is 0 Å². The Morgan fingerprint density at radius 2 is 1.62 bits per heavy atom. The summed E-state index contributed by atoms with van der Waals surface area (Å²) in [6, 6.07) is 0. The first-order chi connectivity index (χ1) is 6.95. The van der Waals surface area contributed by atoms with Crippen LogP contribution in [-0.4, -0.2) is 23.7 Å². The van der Waals surface area contributed by atoms with Gasteiger partial charge >= 0.3 is 18.1 Å². The van der Waals surface area contributed by atoms with Crippen LogP contribution in [0.3, 0.4) is 0 Å². The molecule has 0 spiro atoms. The minimum Gasteiger partial charge on any atom is -0.293 e. The second-order valence-electron chi connectivity index (χ2n) is 3.27. The van der Waals surface area contributed by atoms with Gasteiger partial charge in [0.25, 0.3) is 0 Å². The molecule has 0 aliphatic rings. The van der Waals surface area contributed by atoms with Crippen molar-refractivity contribution in [1.29, 1.82) is 0 Å². The second-order valence-corrected chi connectivity index (χ2v) is 3.27. The van der Waals surface area contributed by atoms with E-state index in [-0.39, 0.29) is 0 Å². The monoisotopic (exact) mass is 248 g/mol. The fourth-order valence-electron chi connectivity index (χ4n) is 0.573. The second kappa shape index (κ2) is 4.36. The molecular formula is C8H9F5O3. The molecule has 0 bridgehead atoms. The van der Waals surface area contributed by atoms with Gasteiger partial charge in [0.2, 0.25) is 0 Å². The summed E-state index contributed by atoms with van der Waals surface area (Å²) in [4.78, 5) is 17.9. The summed E-state index contributed by atoms with van der Waals surface area (Å²) in [6.45, 7) is 3.79. The molecule has 0 saturated heterocycles. The Morgan fingerprint density at radius 3 is 1.94 bits per heavy atom. The van der Waals surface area contributed by atoms with Gasteiger partial charge in [-0.05, 0) is 13.8 Å². The molecule has 16 heavy (non-hydrogen) atoms. The molecule has 0 aliphatic carbocycles. The van der Waals surface area contributed by atoms with E-state index < -0.39 is 23.7 Å². The molecule has 0 fully saturated rings. The third-order valence-corrected chi connectivity index (χ3v) is 1.61. The Kier molecular flexibility index (Phi) is 4.04. The van der Waals surface area contributed by atoms with Crippen LogP contribution in [0.5, 0.6) is 0 Å². The van der Waals surface area contributed by atoms with E-state index in [1.54, 1.807) is 0 Å². The predicted molar refractivity (Wildman–Crippen MR) is 42.5 cm³/mol. The van der Waals surface area contributed by atoms with E-state index >= 15 is 0 Å². The van der Waals surface area contributed by atoms with Gasteiger partial charge in [-0.3, -0.25) is 4.89 Å². The molecular weight excluding hydrogens is 239 g/mol. The summed E-state index contributed by atoms with van der Waals surface area (Å²) in [7, 11) is 0. The number of halogens is 5. The van der Waals surface area contributed by atoms with Gasteiger partial charge in [-0.15, -0.1) is 0 Å². The van der Waals surface area contributed by atoms with E-state index in [0.29, 0.717) is 19.9 Å². The first-order valence-electron chi connectivity index (χ1n) is 3.92. The molecule has 0 aromatic rings. The predicted octanol–water partition coefficient (Wildman–Crippen LogP) is 2.62. The number of rotatable bonds is 4. The Balaban J connectivity index is 4.78. The van der Waals surface area contributed by atoms with Gasteiger partial charge in [0.15, 0.2) is 5.60 Å². The highest BCUT2D eigenvalue weighted by atomic mass is 19.4. The van der Waals surface area contributed by atoms with Crippen molar-refractivity contribution in [2.24, 2.45) is 0 Å². The molecule has 0 atom stereocenters. The molecule has 0 heterocycles. The minimum atomic E-state index is -5.81. The smallest absolute Gasteiger partial charge is 0.293 e. The van der Waals surface area contributed by atoms with E-state index in [4.69, 9.17) is 0 Å². The van der Waals surface area contributed by atoms with Gasteiger partial charge < -0.3 is 0 Å². The molecule has 94 valence electrons. The quantitative estimate of drug-likeness (QED) is 0.332. The molecule has 0 radical (unpaired) electrons. The summed E-state index contributed by atoms with van der Waals surface area (Å²) in [5.74, 6) is -6.44. The van der Waals surface area contributed by atoms with Crippen LogP contribution in [-0.2, 0) is 14.6 Å². The molecule has 0 aromatic carbocycles. The SMILES string of the molecule is C=CC(=O)OOC(C)(C)C(F)(F)C(F)(F)F. The number of hydrogen-bond acceptors (Lipinski definition) is 3. The first-order valence-corrected chi connectivity index (χ1v) is 3.92. The van der Waals surface area contributed by atoms with Gasteiger partial charge in [0.05, 0.1) is 0 Å². The van der Waals surface area contributed by atoms with Crippen LogP contribution in [0.25, 0.3) is 0 Å². The Morgan fingerprint density at radius 1 is 1.19 bits per heavy atom. The van der Waals surface area contributed by atoms with Gasteiger partial charge in [-0.2, -0.15) is 26.8 Å². The van der Waals surface area contributed by atoms with Crippen molar-refractivity contribution in [3.8, 4) is 0 Å². The standard InChI is InChI=1S/C8H9F5O3/c1-4-5(14)15-16-6(2,3)7(9,10)8(11,12)13/h4H,1H2,2-3H3. The Labute approximate surface area is 87.7 Å². The van der Waals surface area contributed by atoms with Crippen molar-refractivity contribution >= 4 is 5.97 Å². The highest BCUT2D eigenvalue weighted by molar-refractivity contribution is 5.80. The lowest BCUT2D eigenvalue weighted by atomic mass is 10.0. The van der Waals surface area contributed by atoms with Crippen LogP contribution in [0.2, 0.25) is 0 Å². The average Bonchev–Trinajstić information content (AvgIpc) is 2.12. The maximum absolute atomic E-state index is 12.8. The van der Waals surface area contributed by atoms with E-state index in [1.165, 1.54) is 0 Å². The number of carbonyl (C=O) groups excluding carboxylic acids is 1. The van der Waals surface area contributed by atoms with Crippen molar-refractivity contribution in [3.05, 3.63) is 12.7 Å². The van der Waals surface area contributed by atoms with Crippen LogP contribution in [0.4, 0.5) is 22.0 Å². The zero-order valence-electron chi connectivity index (χ0n) is 8.40. The zero-order chi connectivity index (χ0) is 13.2. The van der Waals surface area contributed by atoms with Crippen molar-refractivity contribution in [2.45, 2.75) is 31.5 Å². The van der Waals surface area contributed by atoms with Gasteiger partial charge in [-0.1, -0.05) is 6.58 Å². The van der Waals surface area contributed by atoms with E-state index in [9.17, 15) is 26.7 Å². The molecule has 0 rings (SSSR count). The molecule has 0 amide bonds. The van der Waals surface area contributed by atoms with E-state index in [1.807, 2.05) is 0 Å². The van der Waals surface area contributed by atoms with E-state index in [0.717, 1.165) is 0 Å². The third kappa shape index (κ3) is 2.91. The lowest BCUT2D eigenvalue weighted by molar-refractivity contribution is -0.413. The molecule has 0 unspecified atom stereocenters. The van der Waals surface area contributed by atoms with Gasteiger partial charge in [-0.25, -0.2) is 4.79 Å². The molecule has 0 aliphatic heterocycles. The Hall–Kier alpha value is -1.18. The highest BCUT2D eigenvalue weighted by Gasteiger charge is 2.68. The summed E-state index contributed by atoms with van der Waals surface area (Å²) < 4.78 is 61.4. The molecule has 8 heteroatoms. The number of alkyl halides is 5. The van der Waals surface area contributed by atoms with Crippen molar-refractivity contribution in [1.82, 2.24) is 0 Å². The molecule has 0 N–H and O–H groups in total. The lowest BCUT2D eigenvalue weighted by Gasteiger charge is -2.32. The van der Waals surface area contributed by atoms with Crippen molar-refractivity contribution in [2.75, 3.05) is 0 Å². The van der Waals surface area contributed by atoms with Crippen LogP contribution >= 0.6 is 0 Å². The Bertz CT molecular complexity index is 282. The summed E-state index contributed by atoms with van der Waals surface area (Å²) in [6.07, 6.45) is -5.25. The van der Waals surface area contributed by atoms with Gasteiger partial charge in [0, 0.05) is 6.08 Å². The topological polar surface area (TPSA) is 35.5 Å². The highest BCUT2D eigenvalue weighted by Crippen LogP contribution is 2.44. The maximum atomic E-state index is 12.8. The van der Waals surface area contributed by atoms with Crippen LogP contribution < -0.4 is 0 Å². The number of carbonyl (C=O) groups is 1. The fraction of sp³-hybridized carbons (Fsp3) is 0.625. The largest absolute Gasteiger partial charge is 0.456 e. The fourth-order valence-corrected chi connectivity index (χ4v) is 0.573. The molecule has 0 saturated carbocycles. The normalized spacial score (nSPS) is 13.4. The first kappa shape index (κ1) is 14.8. The van der Waals surface area contributed by atoms with Crippen LogP contribution in [0.1, 0.15) is 13.8 Å². The molecule has 0 aromatic heterocycles. The van der Waals surface area contributed by atoms with Crippen LogP contribution in [0, 0.1) is 0 Å². The van der Waals surface area contributed by atoms with Crippen molar-refractivity contribution < 1.29 is 36.5 Å². The summed E-state index contributed by atoms with van der Waals surface area (Å²) >= 11 is 0. The van der Waals surface area contributed by atoms with Gasteiger partial charge in [0.1, 0.15) is 0 Å². The maximum Gasteiger partial charge on any atom is 0.456 e. The minimum absolute atomic E-state index is 0.441. The lowest BCUT2D eigenvalue weighted by Crippen LogP contribution is -2.55. The zero-order valence-corrected chi connectivity index (χ0v) is 8.40. The molecule has 3 nitrogen and oxygen atoms in total.